The molecule has 0 aromatic heterocycles. The summed E-state index contributed by atoms with van der Waals surface area (Å²) in [6, 6.07) is 0. The van der Waals surface area contributed by atoms with Crippen LogP contribution in [0.2, 0.25) is 0 Å². The molecule has 1 unspecified atom stereocenters. The molecule has 1 rings (SSSR count). The van der Waals surface area contributed by atoms with Crippen LogP contribution in [0.1, 0.15) is 0 Å². The minimum atomic E-state index is -1.93. The van der Waals surface area contributed by atoms with Crippen molar-refractivity contribution in [2.24, 2.45) is 11.5 Å². The summed E-state index contributed by atoms with van der Waals surface area (Å²) in [5.41, 5.74) is 8.64. The molecule has 1 aliphatic rings. The maximum Gasteiger partial charge on any atom is 0.189 e. The first-order chi connectivity index (χ1) is 5.91. The van der Waals surface area contributed by atoms with E-state index in [0.717, 1.165) is 0 Å². The van der Waals surface area contributed by atoms with E-state index in [2.05, 4.69) is 4.74 Å². The summed E-state index contributed by atoms with van der Waals surface area (Å²) < 4.78 is 4.68. The zero-order valence-electron chi connectivity index (χ0n) is 6.87. The van der Waals surface area contributed by atoms with E-state index in [1.807, 2.05) is 0 Å². The second-order valence-corrected chi connectivity index (χ2v) is 3.14. The van der Waals surface area contributed by atoms with Crippen LogP contribution >= 0.6 is 0 Å². The highest BCUT2D eigenvalue weighted by Gasteiger charge is 2.50. The van der Waals surface area contributed by atoms with Gasteiger partial charge in [-0.05, 0) is 0 Å². The Labute approximate surface area is 74.5 Å². The summed E-state index contributed by atoms with van der Waals surface area (Å²) in [5, 5.41) is 36.5. The van der Waals surface area contributed by atoms with Gasteiger partial charge in [0.15, 0.2) is 6.29 Å². The highest BCUT2D eigenvalue weighted by Crippen LogP contribution is 2.22. The Morgan fingerprint density at radius 2 is 1.77 bits per heavy atom. The molecule has 0 radical (unpaired) electrons. The zero-order valence-corrected chi connectivity index (χ0v) is 6.87. The lowest BCUT2D eigenvalue weighted by atomic mass is 9.92. The fourth-order valence-electron chi connectivity index (χ4n) is 1.16. The van der Waals surface area contributed by atoms with Gasteiger partial charge in [-0.1, -0.05) is 0 Å². The summed E-state index contributed by atoms with van der Waals surface area (Å²) in [7, 11) is 0. The lowest BCUT2D eigenvalue weighted by Crippen LogP contribution is -2.75. The molecular formula is C6H14N2O5. The third kappa shape index (κ3) is 1.67. The molecule has 0 spiro atoms. The van der Waals surface area contributed by atoms with Crippen LogP contribution in [-0.2, 0) is 4.74 Å². The van der Waals surface area contributed by atoms with E-state index in [-0.39, 0.29) is 0 Å². The van der Waals surface area contributed by atoms with Crippen molar-refractivity contribution in [3.63, 3.8) is 0 Å². The van der Waals surface area contributed by atoms with E-state index < -0.39 is 36.9 Å². The maximum absolute atomic E-state index is 9.33. The van der Waals surface area contributed by atoms with Gasteiger partial charge in [0.25, 0.3) is 0 Å². The van der Waals surface area contributed by atoms with Crippen LogP contribution in [0.3, 0.4) is 0 Å². The van der Waals surface area contributed by atoms with Crippen molar-refractivity contribution in [2.75, 3.05) is 6.61 Å². The molecule has 13 heavy (non-hydrogen) atoms. The highest BCUT2D eigenvalue weighted by molar-refractivity contribution is 4.99. The molecule has 0 bridgehead atoms. The molecule has 0 aromatic carbocycles. The Kier molecular flexibility index (Phi) is 2.88. The van der Waals surface area contributed by atoms with E-state index >= 15 is 0 Å². The molecule has 0 aliphatic carbocycles. The Balaban J connectivity index is 2.79. The minimum absolute atomic E-state index is 0.536. The molecule has 1 heterocycles. The van der Waals surface area contributed by atoms with Gasteiger partial charge in [0.05, 0.1) is 6.61 Å². The number of hydrogen-bond acceptors (Lipinski definition) is 7. The van der Waals surface area contributed by atoms with Crippen molar-refractivity contribution in [1.82, 2.24) is 0 Å². The maximum atomic E-state index is 9.33. The van der Waals surface area contributed by atoms with Crippen LogP contribution in [-0.4, -0.2) is 57.3 Å². The fourth-order valence-corrected chi connectivity index (χ4v) is 1.16. The van der Waals surface area contributed by atoms with Crippen molar-refractivity contribution in [2.45, 2.75) is 30.3 Å². The van der Waals surface area contributed by atoms with Crippen molar-refractivity contribution < 1.29 is 25.2 Å². The van der Waals surface area contributed by atoms with E-state index in [1.165, 1.54) is 0 Å². The van der Waals surface area contributed by atoms with E-state index in [9.17, 15) is 15.3 Å². The SMILES string of the molecule is NC1(N)C(O)O[C@H](CO)[C@@H](O)[C@@H]1O. The van der Waals surface area contributed by atoms with E-state index in [1.54, 1.807) is 0 Å². The second-order valence-electron chi connectivity index (χ2n) is 3.14. The number of aliphatic hydroxyl groups excluding tert-OH is 4. The monoisotopic (exact) mass is 194 g/mol. The summed E-state index contributed by atoms with van der Waals surface area (Å²) in [6.45, 7) is -0.536. The minimum Gasteiger partial charge on any atom is -0.394 e. The molecule has 0 amide bonds. The van der Waals surface area contributed by atoms with Crippen LogP contribution in [0.25, 0.3) is 0 Å². The van der Waals surface area contributed by atoms with Gasteiger partial charge in [0.2, 0.25) is 0 Å². The van der Waals surface area contributed by atoms with Gasteiger partial charge < -0.3 is 36.6 Å². The molecule has 0 aromatic rings. The first-order valence-electron chi connectivity index (χ1n) is 3.79. The number of hydrogen-bond donors (Lipinski definition) is 6. The average Bonchev–Trinajstić information content (AvgIpc) is 2.09. The number of rotatable bonds is 1. The summed E-state index contributed by atoms with van der Waals surface area (Å²) >= 11 is 0. The van der Waals surface area contributed by atoms with E-state index in [0.29, 0.717) is 0 Å². The molecule has 1 fully saturated rings. The second kappa shape index (κ2) is 3.46. The molecule has 7 heteroatoms. The lowest BCUT2D eigenvalue weighted by Gasteiger charge is -2.44. The van der Waals surface area contributed by atoms with E-state index in [4.69, 9.17) is 16.6 Å². The lowest BCUT2D eigenvalue weighted by molar-refractivity contribution is -0.276. The smallest absolute Gasteiger partial charge is 0.189 e. The molecule has 1 aliphatic heterocycles. The Morgan fingerprint density at radius 3 is 2.23 bits per heavy atom. The van der Waals surface area contributed by atoms with Crippen LogP contribution < -0.4 is 11.5 Å². The zero-order chi connectivity index (χ0) is 10.2. The first kappa shape index (κ1) is 10.8. The Hall–Kier alpha value is -0.280. The molecule has 1 saturated heterocycles. The van der Waals surface area contributed by atoms with Crippen LogP contribution in [0.4, 0.5) is 0 Å². The predicted molar refractivity (Wildman–Crippen MR) is 41.1 cm³/mol. The topological polar surface area (TPSA) is 142 Å². The Bertz CT molecular complexity index is 188. The van der Waals surface area contributed by atoms with Crippen molar-refractivity contribution in [3.05, 3.63) is 0 Å². The summed E-state index contributed by atoms with van der Waals surface area (Å²) in [6.07, 6.45) is -5.66. The molecular weight excluding hydrogens is 180 g/mol. The van der Waals surface area contributed by atoms with Gasteiger partial charge in [-0.2, -0.15) is 0 Å². The molecule has 8 N–H and O–H groups in total. The third-order valence-corrected chi connectivity index (χ3v) is 2.13. The largest absolute Gasteiger partial charge is 0.394 e. The van der Waals surface area contributed by atoms with Gasteiger partial charge >= 0.3 is 0 Å². The van der Waals surface area contributed by atoms with Gasteiger partial charge in [-0.15, -0.1) is 0 Å². The number of ether oxygens (including phenoxy) is 1. The van der Waals surface area contributed by atoms with Crippen molar-refractivity contribution in [1.29, 1.82) is 0 Å². The third-order valence-electron chi connectivity index (χ3n) is 2.13. The average molecular weight is 194 g/mol. The predicted octanol–water partition coefficient (Wildman–Crippen LogP) is -3.97. The summed E-state index contributed by atoms with van der Waals surface area (Å²) in [5.74, 6) is 0. The van der Waals surface area contributed by atoms with Crippen molar-refractivity contribution in [3.8, 4) is 0 Å². The first-order valence-corrected chi connectivity index (χ1v) is 3.79. The van der Waals surface area contributed by atoms with Gasteiger partial charge in [-0.25, -0.2) is 0 Å². The van der Waals surface area contributed by atoms with Gasteiger partial charge in [0, 0.05) is 0 Å². The van der Waals surface area contributed by atoms with Gasteiger partial charge in [0.1, 0.15) is 24.0 Å². The number of aliphatic hydroxyl groups is 4. The normalized spacial score (nSPS) is 44.8. The molecule has 4 atom stereocenters. The van der Waals surface area contributed by atoms with Gasteiger partial charge in [-0.3, -0.25) is 0 Å². The van der Waals surface area contributed by atoms with Crippen LogP contribution in [0, 0.1) is 0 Å². The fraction of sp³-hybridized carbons (Fsp3) is 1.00. The Morgan fingerprint density at radius 1 is 1.23 bits per heavy atom. The summed E-state index contributed by atoms with van der Waals surface area (Å²) in [4.78, 5) is 0. The van der Waals surface area contributed by atoms with Crippen LogP contribution in [0.5, 0.6) is 0 Å². The molecule has 78 valence electrons. The molecule has 0 saturated carbocycles. The van der Waals surface area contributed by atoms with Crippen LogP contribution in [0.15, 0.2) is 0 Å². The number of nitrogens with two attached hydrogens (primary N) is 2. The molecule has 7 nitrogen and oxygen atoms in total. The highest BCUT2D eigenvalue weighted by atomic mass is 16.6. The van der Waals surface area contributed by atoms with Crippen molar-refractivity contribution >= 4 is 0 Å². The quantitative estimate of drug-likeness (QED) is 0.234. The standard InChI is InChI=1S/C6H14N2O5/c7-6(8)4(11)3(10)2(1-9)13-5(6)12/h2-5,9-12H,1,7-8H2/t2-,3-,4+,5?/m1/s1.